The van der Waals surface area contributed by atoms with Crippen molar-refractivity contribution in [3.05, 3.63) is 53.6 Å². The summed E-state index contributed by atoms with van der Waals surface area (Å²) in [7, 11) is 0. The summed E-state index contributed by atoms with van der Waals surface area (Å²) in [6.45, 7) is 3.80. The number of nitrogens with zero attached hydrogens (tertiary/aromatic N) is 1. The molecule has 1 heterocycles. The molecule has 0 aromatic heterocycles. The van der Waals surface area contributed by atoms with E-state index >= 15 is 0 Å². The predicted molar refractivity (Wildman–Crippen MR) is 96.2 cm³/mol. The molecule has 5 nitrogen and oxygen atoms in total. The molecule has 26 heavy (non-hydrogen) atoms. The Hall–Kier alpha value is -2.96. The molecule has 2 aromatic rings. The van der Waals surface area contributed by atoms with Crippen LogP contribution in [0.2, 0.25) is 0 Å². The first-order valence-electron chi connectivity index (χ1n) is 8.28. The number of amides is 2. The van der Waals surface area contributed by atoms with Crippen molar-refractivity contribution in [1.82, 2.24) is 0 Å². The highest BCUT2D eigenvalue weighted by Crippen LogP contribution is 2.30. The first kappa shape index (κ1) is 17.8. The number of fused-ring (bicyclic) bond motifs is 1. The molecule has 7 heteroatoms. The van der Waals surface area contributed by atoms with Gasteiger partial charge in [0.2, 0.25) is 11.8 Å². The van der Waals surface area contributed by atoms with Crippen LogP contribution in [-0.2, 0) is 16.0 Å². The zero-order valence-electron chi connectivity index (χ0n) is 14.5. The minimum absolute atomic E-state index is 0.00525. The Bertz CT molecular complexity index is 870. The largest absolute Gasteiger partial charge is 0.374 e. The molecule has 2 amide bonds. The second-order valence-corrected chi connectivity index (χ2v) is 6.24. The molecule has 0 spiro atoms. The molecule has 1 aliphatic heterocycles. The van der Waals surface area contributed by atoms with E-state index in [0.29, 0.717) is 6.54 Å². The van der Waals surface area contributed by atoms with E-state index in [2.05, 4.69) is 10.6 Å². The van der Waals surface area contributed by atoms with Crippen molar-refractivity contribution in [3.63, 3.8) is 0 Å². The van der Waals surface area contributed by atoms with Crippen molar-refractivity contribution >= 4 is 28.9 Å². The van der Waals surface area contributed by atoms with E-state index in [9.17, 15) is 18.4 Å². The number of hydrogen-bond acceptors (Lipinski definition) is 3. The van der Waals surface area contributed by atoms with Crippen molar-refractivity contribution < 1.29 is 18.4 Å². The monoisotopic (exact) mass is 359 g/mol. The second kappa shape index (κ2) is 7.11. The van der Waals surface area contributed by atoms with Crippen LogP contribution < -0.4 is 15.5 Å². The Balaban J connectivity index is 1.68. The quantitative estimate of drug-likeness (QED) is 0.880. The first-order valence-corrected chi connectivity index (χ1v) is 8.28. The third-order valence-electron chi connectivity index (χ3n) is 4.32. The molecule has 1 aliphatic rings. The molecule has 3 rings (SSSR count). The summed E-state index contributed by atoms with van der Waals surface area (Å²) in [5, 5.41) is 5.41. The molecule has 1 unspecified atom stereocenters. The number of halogens is 2. The van der Waals surface area contributed by atoms with Gasteiger partial charge in [-0.25, -0.2) is 8.78 Å². The third kappa shape index (κ3) is 3.66. The van der Waals surface area contributed by atoms with E-state index in [0.717, 1.165) is 41.6 Å². The van der Waals surface area contributed by atoms with E-state index in [4.69, 9.17) is 0 Å². The fraction of sp³-hybridized carbons (Fsp3) is 0.263. The molecule has 136 valence electrons. The zero-order valence-corrected chi connectivity index (χ0v) is 14.5. The molecular weight excluding hydrogens is 340 g/mol. The van der Waals surface area contributed by atoms with E-state index in [1.165, 1.54) is 6.92 Å². The summed E-state index contributed by atoms with van der Waals surface area (Å²) in [5.74, 6) is -1.82. The molecule has 0 aliphatic carbocycles. The van der Waals surface area contributed by atoms with Crippen LogP contribution in [0, 0.1) is 11.6 Å². The highest BCUT2D eigenvalue weighted by Gasteiger charge is 2.23. The number of hydrogen-bond donors (Lipinski definition) is 2. The topological polar surface area (TPSA) is 61.4 Å². The SMILES string of the molecule is CC(=O)N1CCc2cc(NC(C)C(=O)Nc3cc(F)ccc3F)ccc21. The lowest BCUT2D eigenvalue weighted by atomic mass is 10.1. The number of nitrogens with one attached hydrogen (secondary N) is 2. The van der Waals surface area contributed by atoms with Crippen LogP contribution >= 0.6 is 0 Å². The normalized spacial score (nSPS) is 13.9. The Morgan fingerprint density at radius 2 is 1.92 bits per heavy atom. The summed E-state index contributed by atoms with van der Waals surface area (Å²) >= 11 is 0. The summed E-state index contributed by atoms with van der Waals surface area (Å²) in [4.78, 5) is 25.5. The highest BCUT2D eigenvalue weighted by molar-refractivity contribution is 5.97. The summed E-state index contributed by atoms with van der Waals surface area (Å²) in [5.41, 5.74) is 2.42. The van der Waals surface area contributed by atoms with E-state index in [-0.39, 0.29) is 11.6 Å². The van der Waals surface area contributed by atoms with Crippen molar-refractivity contribution in [3.8, 4) is 0 Å². The Labute approximate surface area is 150 Å². The number of carbonyl (C=O) groups excluding carboxylic acids is 2. The standard InChI is InChI=1S/C19H19F2N3O2/c1-11(19(26)23-17-10-14(20)3-5-16(17)21)22-15-4-6-18-13(9-15)7-8-24(18)12(2)25/h3-6,9-11,22H,7-8H2,1-2H3,(H,23,26). The lowest BCUT2D eigenvalue weighted by molar-refractivity contribution is -0.117. The van der Waals surface area contributed by atoms with Crippen LogP contribution in [0.4, 0.5) is 25.8 Å². The van der Waals surface area contributed by atoms with Crippen molar-refractivity contribution in [2.24, 2.45) is 0 Å². The Kier molecular flexibility index (Phi) is 4.88. The van der Waals surface area contributed by atoms with E-state index < -0.39 is 23.6 Å². The fourth-order valence-corrected chi connectivity index (χ4v) is 2.97. The molecule has 0 saturated carbocycles. The van der Waals surface area contributed by atoms with Crippen molar-refractivity contribution in [1.29, 1.82) is 0 Å². The van der Waals surface area contributed by atoms with Crippen LogP contribution in [-0.4, -0.2) is 24.4 Å². The minimum atomic E-state index is -0.700. The molecule has 1 atom stereocenters. The summed E-state index contributed by atoms with van der Waals surface area (Å²) in [6.07, 6.45) is 0.750. The van der Waals surface area contributed by atoms with Gasteiger partial charge in [-0.1, -0.05) is 0 Å². The average molecular weight is 359 g/mol. The maximum atomic E-state index is 13.6. The number of anilines is 3. The number of benzene rings is 2. The Morgan fingerprint density at radius 1 is 1.15 bits per heavy atom. The molecule has 0 bridgehead atoms. The van der Waals surface area contributed by atoms with Crippen LogP contribution in [0.25, 0.3) is 0 Å². The maximum Gasteiger partial charge on any atom is 0.246 e. The maximum absolute atomic E-state index is 13.6. The lowest BCUT2D eigenvalue weighted by Gasteiger charge is -2.18. The minimum Gasteiger partial charge on any atom is -0.374 e. The average Bonchev–Trinajstić information content (AvgIpc) is 3.01. The summed E-state index contributed by atoms with van der Waals surface area (Å²) in [6, 6.07) is 7.74. The molecule has 2 aromatic carbocycles. The van der Waals surface area contributed by atoms with Gasteiger partial charge in [0.1, 0.15) is 17.7 Å². The molecule has 0 saturated heterocycles. The van der Waals surface area contributed by atoms with Crippen molar-refractivity contribution in [2.75, 3.05) is 22.1 Å². The van der Waals surface area contributed by atoms with Gasteiger partial charge in [0.05, 0.1) is 5.69 Å². The van der Waals surface area contributed by atoms with Gasteiger partial charge in [0, 0.05) is 30.9 Å². The molecule has 2 N–H and O–H groups in total. The number of carbonyl (C=O) groups is 2. The number of rotatable bonds is 4. The lowest BCUT2D eigenvalue weighted by Crippen LogP contribution is -2.32. The zero-order chi connectivity index (χ0) is 18.8. The summed E-state index contributed by atoms with van der Waals surface area (Å²) < 4.78 is 26.8. The van der Waals surface area contributed by atoms with Gasteiger partial charge in [0.15, 0.2) is 0 Å². The highest BCUT2D eigenvalue weighted by atomic mass is 19.1. The molecule has 0 fully saturated rings. The fourth-order valence-electron chi connectivity index (χ4n) is 2.97. The van der Waals surface area contributed by atoms with Crippen LogP contribution in [0.1, 0.15) is 19.4 Å². The van der Waals surface area contributed by atoms with E-state index in [1.807, 2.05) is 12.1 Å². The Morgan fingerprint density at radius 3 is 2.65 bits per heavy atom. The smallest absolute Gasteiger partial charge is 0.246 e. The van der Waals surface area contributed by atoms with Crippen LogP contribution in [0.15, 0.2) is 36.4 Å². The van der Waals surface area contributed by atoms with Gasteiger partial charge in [-0.3, -0.25) is 9.59 Å². The van der Waals surface area contributed by atoms with Gasteiger partial charge in [-0.05, 0) is 49.2 Å². The molecule has 0 radical (unpaired) electrons. The molecular formula is C19H19F2N3O2. The second-order valence-electron chi connectivity index (χ2n) is 6.24. The van der Waals surface area contributed by atoms with Crippen molar-refractivity contribution in [2.45, 2.75) is 26.3 Å². The van der Waals surface area contributed by atoms with Crippen LogP contribution in [0.3, 0.4) is 0 Å². The third-order valence-corrected chi connectivity index (χ3v) is 4.32. The van der Waals surface area contributed by atoms with Gasteiger partial charge in [-0.2, -0.15) is 0 Å². The first-order chi connectivity index (χ1) is 12.3. The van der Waals surface area contributed by atoms with Gasteiger partial charge in [0.25, 0.3) is 0 Å². The van der Waals surface area contributed by atoms with E-state index in [1.54, 1.807) is 17.9 Å². The van der Waals surface area contributed by atoms with Gasteiger partial charge >= 0.3 is 0 Å². The van der Waals surface area contributed by atoms with Crippen LogP contribution in [0.5, 0.6) is 0 Å². The van der Waals surface area contributed by atoms with Gasteiger partial charge in [-0.15, -0.1) is 0 Å². The predicted octanol–water partition coefficient (Wildman–Crippen LogP) is 3.31. The van der Waals surface area contributed by atoms with Gasteiger partial charge < -0.3 is 15.5 Å².